The number of piperidine rings is 2. The van der Waals surface area contributed by atoms with Crippen LogP contribution >= 0.6 is 0 Å². The number of halogens is 2. The standard InChI is InChI=1S/C43H47F2N11O6S/c1-3-53(2)63(61,62)52-34-9-8-33(44)38(39(34)45)40(59)32-25-47-41-31(32)21-27(22-46-41)28-23-48-43(49-24-28)56-18-16-55(17-19-56)37(58)20-26-12-14-54(15-13-26)30-6-4-29(5-7-30)50-35-10-11-36(57)51-42(35)60/h4-9,21-26,35,50,52H,3,10-20H2,1-2H3,(H,46,47)(H,51,57,60). The van der Waals surface area contributed by atoms with Gasteiger partial charge in [-0.15, -0.1) is 0 Å². The van der Waals surface area contributed by atoms with Crippen molar-refractivity contribution in [1.82, 2.24) is 34.5 Å². The van der Waals surface area contributed by atoms with Gasteiger partial charge in [-0.2, -0.15) is 12.7 Å². The van der Waals surface area contributed by atoms with Crippen LogP contribution in [0.25, 0.3) is 22.2 Å². The maximum atomic E-state index is 15.6. The summed E-state index contributed by atoms with van der Waals surface area (Å²) in [6.07, 6.45) is 9.19. The van der Waals surface area contributed by atoms with Crippen LogP contribution in [0.2, 0.25) is 0 Å². The predicted molar refractivity (Wildman–Crippen MR) is 232 cm³/mol. The van der Waals surface area contributed by atoms with E-state index >= 15 is 8.78 Å². The van der Waals surface area contributed by atoms with Crippen LogP contribution in [0, 0.1) is 17.6 Å². The molecule has 0 radical (unpaired) electrons. The highest BCUT2D eigenvalue weighted by atomic mass is 32.2. The Balaban J connectivity index is 0.834. The number of fused-ring (bicyclic) bond motifs is 1. The number of anilines is 4. The lowest BCUT2D eigenvalue weighted by Crippen LogP contribution is -2.49. The third-order valence-electron chi connectivity index (χ3n) is 12.0. The van der Waals surface area contributed by atoms with Gasteiger partial charge in [-0.25, -0.2) is 23.7 Å². The Hall–Kier alpha value is -6.54. The molecule has 1 atom stereocenters. The van der Waals surface area contributed by atoms with Gasteiger partial charge in [-0.3, -0.25) is 29.2 Å². The number of nitrogens with one attached hydrogen (secondary N) is 4. The summed E-state index contributed by atoms with van der Waals surface area (Å²) in [4.78, 5) is 73.2. The molecule has 17 nitrogen and oxygen atoms in total. The van der Waals surface area contributed by atoms with E-state index in [4.69, 9.17) is 0 Å². The first-order valence-electron chi connectivity index (χ1n) is 20.8. The molecule has 6 heterocycles. The van der Waals surface area contributed by atoms with Crippen LogP contribution < -0.4 is 25.2 Å². The Morgan fingerprint density at radius 3 is 2.27 bits per heavy atom. The number of carbonyl (C=O) groups is 4. The Bertz CT molecular complexity index is 2650. The van der Waals surface area contributed by atoms with Crippen molar-refractivity contribution in [2.45, 2.75) is 45.1 Å². The van der Waals surface area contributed by atoms with Crippen molar-refractivity contribution in [3.05, 3.63) is 90.0 Å². The minimum absolute atomic E-state index is 0.0662. The summed E-state index contributed by atoms with van der Waals surface area (Å²) in [5, 5.41) is 5.86. The van der Waals surface area contributed by atoms with Gasteiger partial charge in [-0.05, 0) is 67.6 Å². The third kappa shape index (κ3) is 9.31. The second-order valence-corrected chi connectivity index (χ2v) is 17.7. The fourth-order valence-electron chi connectivity index (χ4n) is 8.07. The second kappa shape index (κ2) is 18.1. The van der Waals surface area contributed by atoms with E-state index in [9.17, 15) is 27.6 Å². The quantitative estimate of drug-likeness (QED) is 0.0965. The van der Waals surface area contributed by atoms with Crippen molar-refractivity contribution in [2.24, 2.45) is 5.92 Å². The van der Waals surface area contributed by atoms with Crippen molar-refractivity contribution in [3.63, 3.8) is 0 Å². The zero-order valence-electron chi connectivity index (χ0n) is 34.7. The van der Waals surface area contributed by atoms with Gasteiger partial charge in [0, 0.05) is 124 Å². The maximum absolute atomic E-state index is 15.6. The molecule has 1 unspecified atom stereocenters. The van der Waals surface area contributed by atoms with E-state index in [1.807, 2.05) is 34.1 Å². The Kier molecular flexibility index (Phi) is 12.4. The molecule has 3 fully saturated rings. The molecule has 3 saturated heterocycles. The fourth-order valence-corrected chi connectivity index (χ4v) is 9.00. The Morgan fingerprint density at radius 1 is 0.889 bits per heavy atom. The first kappa shape index (κ1) is 43.1. The van der Waals surface area contributed by atoms with E-state index in [1.165, 1.54) is 13.2 Å². The van der Waals surface area contributed by atoms with Crippen LogP contribution in [0.1, 0.15) is 54.9 Å². The second-order valence-electron chi connectivity index (χ2n) is 15.9. The number of carbonyl (C=O) groups excluding carboxylic acids is 4. The number of hydrogen-bond acceptors (Lipinski definition) is 12. The summed E-state index contributed by atoms with van der Waals surface area (Å²) in [5.74, 6) is -3.12. The largest absolute Gasteiger partial charge is 0.374 e. The molecule has 330 valence electrons. The first-order chi connectivity index (χ1) is 30.3. The lowest BCUT2D eigenvalue weighted by molar-refractivity contribution is -0.134. The van der Waals surface area contributed by atoms with Crippen molar-refractivity contribution in [2.75, 3.05) is 72.7 Å². The fraction of sp³-hybridized carbons (Fsp3) is 0.372. The van der Waals surface area contributed by atoms with Crippen LogP contribution in [-0.2, 0) is 24.6 Å². The van der Waals surface area contributed by atoms with Crippen LogP contribution in [-0.4, -0.2) is 120 Å². The molecule has 3 aromatic heterocycles. The topological polar surface area (TPSA) is 206 Å². The number of pyridine rings is 1. The van der Waals surface area contributed by atoms with Gasteiger partial charge >= 0.3 is 10.2 Å². The summed E-state index contributed by atoms with van der Waals surface area (Å²) in [7, 11) is -2.86. The first-order valence-corrected chi connectivity index (χ1v) is 22.3. The van der Waals surface area contributed by atoms with Crippen molar-refractivity contribution < 1.29 is 36.4 Å². The number of amides is 3. The Labute approximate surface area is 362 Å². The number of benzene rings is 2. The summed E-state index contributed by atoms with van der Waals surface area (Å²) < 4.78 is 58.7. The summed E-state index contributed by atoms with van der Waals surface area (Å²) in [5.41, 5.74) is 1.78. The number of H-pyrrole nitrogens is 1. The van der Waals surface area contributed by atoms with E-state index < -0.39 is 44.9 Å². The highest BCUT2D eigenvalue weighted by Crippen LogP contribution is 2.31. The summed E-state index contributed by atoms with van der Waals surface area (Å²) >= 11 is 0. The molecule has 0 spiro atoms. The maximum Gasteiger partial charge on any atom is 0.301 e. The van der Waals surface area contributed by atoms with E-state index in [2.05, 4.69) is 40.2 Å². The number of piperazine rings is 1. The van der Waals surface area contributed by atoms with Gasteiger partial charge < -0.3 is 25.0 Å². The van der Waals surface area contributed by atoms with Crippen molar-refractivity contribution in [1.29, 1.82) is 0 Å². The third-order valence-corrected chi connectivity index (χ3v) is 13.5. The minimum Gasteiger partial charge on any atom is -0.374 e. The molecule has 2 aromatic carbocycles. The molecule has 0 saturated carbocycles. The van der Waals surface area contributed by atoms with Crippen molar-refractivity contribution >= 4 is 67.8 Å². The highest BCUT2D eigenvalue weighted by Gasteiger charge is 2.30. The molecular weight excluding hydrogens is 837 g/mol. The van der Waals surface area contributed by atoms with Crippen LogP contribution in [0.3, 0.4) is 0 Å². The van der Waals surface area contributed by atoms with Crippen LogP contribution in [0.5, 0.6) is 0 Å². The smallest absolute Gasteiger partial charge is 0.301 e. The molecule has 63 heavy (non-hydrogen) atoms. The van der Waals surface area contributed by atoms with Gasteiger partial charge in [-0.1, -0.05) is 6.92 Å². The van der Waals surface area contributed by atoms with Crippen LogP contribution in [0.4, 0.5) is 31.8 Å². The van der Waals surface area contributed by atoms with Crippen LogP contribution in [0.15, 0.2) is 67.3 Å². The van der Waals surface area contributed by atoms with E-state index in [0.29, 0.717) is 74.1 Å². The number of nitrogens with zero attached hydrogens (tertiary/aromatic N) is 7. The van der Waals surface area contributed by atoms with Gasteiger partial charge in [0.2, 0.25) is 29.5 Å². The summed E-state index contributed by atoms with van der Waals surface area (Å²) in [6, 6.07) is 10.9. The lowest BCUT2D eigenvalue weighted by atomic mass is 9.92. The van der Waals surface area contributed by atoms with Gasteiger partial charge in [0.05, 0.1) is 11.3 Å². The normalized spacial score (nSPS) is 17.6. The molecule has 3 aliphatic rings. The molecule has 20 heteroatoms. The van der Waals surface area contributed by atoms with E-state index in [-0.39, 0.29) is 35.2 Å². The van der Waals surface area contributed by atoms with E-state index in [1.54, 1.807) is 31.6 Å². The van der Waals surface area contributed by atoms with Gasteiger partial charge in [0.25, 0.3) is 0 Å². The average molecular weight is 884 g/mol. The minimum atomic E-state index is -4.15. The van der Waals surface area contributed by atoms with E-state index in [0.717, 1.165) is 53.7 Å². The zero-order chi connectivity index (χ0) is 44.4. The number of imide groups is 1. The monoisotopic (exact) mass is 883 g/mol. The highest BCUT2D eigenvalue weighted by molar-refractivity contribution is 7.90. The molecular formula is C43H47F2N11O6S. The van der Waals surface area contributed by atoms with Gasteiger partial charge in [0.15, 0.2) is 5.82 Å². The molecule has 0 bridgehead atoms. The molecule has 4 N–H and O–H groups in total. The predicted octanol–water partition coefficient (Wildman–Crippen LogP) is 4.31. The number of ketones is 1. The molecule has 8 rings (SSSR count). The van der Waals surface area contributed by atoms with Crippen molar-refractivity contribution in [3.8, 4) is 11.1 Å². The molecule has 3 amide bonds. The average Bonchev–Trinajstić information content (AvgIpc) is 3.72. The van der Waals surface area contributed by atoms with Gasteiger partial charge in [0.1, 0.15) is 17.5 Å². The molecule has 5 aromatic rings. The molecule has 3 aliphatic heterocycles. The molecule has 0 aliphatic carbocycles. The number of hydrogen-bond donors (Lipinski definition) is 4. The lowest BCUT2D eigenvalue weighted by Gasteiger charge is -2.37. The Morgan fingerprint density at radius 2 is 1.59 bits per heavy atom. The number of rotatable bonds is 13. The summed E-state index contributed by atoms with van der Waals surface area (Å²) in [6.45, 7) is 5.57. The number of aromatic nitrogens is 4. The zero-order valence-corrected chi connectivity index (χ0v) is 35.6. The SMILES string of the molecule is CCN(C)S(=O)(=O)Nc1ccc(F)c(C(=O)c2c[nH]c3ncc(-c4cnc(N5CCN(C(=O)CC6CCN(c7ccc(NC8CCC(=O)NC8=O)cc7)CC6)CC5)nc4)cc23)c1F. The number of aromatic amines is 1.